The molecule has 0 amide bonds. The van der Waals surface area contributed by atoms with Gasteiger partial charge in [0.2, 0.25) is 0 Å². The molecule has 5 nitrogen and oxygen atoms in total. The molecule has 0 saturated heterocycles. The molecule has 2 rings (SSSR count). The third-order valence-corrected chi connectivity index (χ3v) is 4.21. The summed E-state index contributed by atoms with van der Waals surface area (Å²) in [5, 5.41) is 6.95. The molecule has 2 N–H and O–H groups in total. The highest BCUT2D eigenvalue weighted by Gasteiger charge is 2.12. The molecule has 0 fully saturated rings. The van der Waals surface area contributed by atoms with Crippen molar-refractivity contribution < 1.29 is 14.3 Å². The van der Waals surface area contributed by atoms with Crippen LogP contribution in [0, 0.1) is 6.92 Å². The van der Waals surface area contributed by atoms with Crippen LogP contribution in [0.3, 0.4) is 0 Å². The molecule has 0 aliphatic carbocycles. The molecular weight excluding hydrogens is 384 g/mol. The van der Waals surface area contributed by atoms with Crippen molar-refractivity contribution in [3.8, 4) is 5.75 Å². The van der Waals surface area contributed by atoms with Crippen LogP contribution in [0.25, 0.3) is 0 Å². The van der Waals surface area contributed by atoms with Crippen LogP contribution < -0.4 is 15.4 Å². The number of esters is 1. The van der Waals surface area contributed by atoms with Crippen molar-refractivity contribution in [1.29, 1.82) is 0 Å². The Hall–Kier alpha value is -2.31. The number of halogens is 1. The van der Waals surface area contributed by atoms with Crippen molar-refractivity contribution in [2.45, 2.75) is 26.8 Å². The molecule has 0 radical (unpaired) electrons. The zero-order valence-electron chi connectivity index (χ0n) is 15.5. The molecule has 0 saturated carbocycles. The number of carbonyl (C=O) groups is 1. The second-order valence-electron chi connectivity index (χ2n) is 5.99. The number of benzene rings is 2. The van der Waals surface area contributed by atoms with Gasteiger partial charge < -0.3 is 20.1 Å². The second-order valence-corrected chi connectivity index (χ2v) is 6.81. The molecular formula is C20H23ClN2O3S. The molecule has 0 aromatic heterocycles. The summed E-state index contributed by atoms with van der Waals surface area (Å²) in [6.07, 6.45) is 0. The molecule has 0 bridgehead atoms. The Labute approximate surface area is 170 Å². The summed E-state index contributed by atoms with van der Waals surface area (Å²) in [6.45, 7) is 6.49. The Kier molecular flexibility index (Phi) is 7.88. The molecule has 144 valence electrons. The molecule has 2 aromatic carbocycles. The van der Waals surface area contributed by atoms with Gasteiger partial charge in [-0.05, 0) is 62.8 Å². The van der Waals surface area contributed by atoms with Gasteiger partial charge in [0.05, 0.1) is 23.2 Å². The van der Waals surface area contributed by atoms with Gasteiger partial charge in [0, 0.05) is 5.69 Å². The fourth-order valence-corrected chi connectivity index (χ4v) is 2.91. The highest BCUT2D eigenvalue weighted by Crippen LogP contribution is 2.22. The van der Waals surface area contributed by atoms with Gasteiger partial charge in [-0.1, -0.05) is 29.8 Å². The lowest BCUT2D eigenvalue weighted by atomic mass is 10.2. The first-order valence-electron chi connectivity index (χ1n) is 8.63. The SMILES string of the molecule is CCOC(=O)c1ccc(NC(=S)N[C@@H](C)COc2ccccc2C)cc1Cl. The molecule has 0 aliphatic rings. The Morgan fingerprint density at radius 3 is 2.67 bits per heavy atom. The number of ether oxygens (including phenoxy) is 2. The van der Waals surface area contributed by atoms with Crippen LogP contribution >= 0.6 is 23.8 Å². The van der Waals surface area contributed by atoms with Crippen LogP contribution in [0.4, 0.5) is 5.69 Å². The van der Waals surface area contributed by atoms with E-state index in [1.807, 2.05) is 38.1 Å². The second kappa shape index (κ2) is 10.1. The van der Waals surface area contributed by atoms with Gasteiger partial charge in [-0.15, -0.1) is 0 Å². The van der Waals surface area contributed by atoms with E-state index in [-0.39, 0.29) is 6.04 Å². The number of rotatable bonds is 7. The highest BCUT2D eigenvalue weighted by atomic mass is 35.5. The van der Waals surface area contributed by atoms with Crippen molar-refractivity contribution >= 4 is 40.6 Å². The molecule has 2 aromatic rings. The number of nitrogens with one attached hydrogen (secondary N) is 2. The summed E-state index contributed by atoms with van der Waals surface area (Å²) < 4.78 is 10.8. The van der Waals surface area contributed by atoms with Crippen molar-refractivity contribution in [1.82, 2.24) is 5.32 Å². The first-order chi connectivity index (χ1) is 12.9. The molecule has 7 heteroatoms. The van der Waals surface area contributed by atoms with Gasteiger partial charge in [0.15, 0.2) is 5.11 Å². The topological polar surface area (TPSA) is 59.6 Å². The summed E-state index contributed by atoms with van der Waals surface area (Å²) in [5.74, 6) is 0.406. The lowest BCUT2D eigenvalue weighted by Gasteiger charge is -2.18. The summed E-state index contributed by atoms with van der Waals surface area (Å²) in [6, 6.07) is 12.8. The van der Waals surface area contributed by atoms with E-state index in [1.54, 1.807) is 25.1 Å². The van der Waals surface area contributed by atoms with E-state index in [0.29, 0.717) is 34.6 Å². The number of aryl methyl sites for hydroxylation is 1. The number of hydrogen-bond acceptors (Lipinski definition) is 4. The molecule has 0 heterocycles. The van der Waals surface area contributed by atoms with Gasteiger partial charge >= 0.3 is 5.97 Å². The van der Waals surface area contributed by atoms with Crippen molar-refractivity contribution in [2.75, 3.05) is 18.5 Å². The number of thiocarbonyl (C=S) groups is 1. The van der Waals surface area contributed by atoms with E-state index in [2.05, 4.69) is 10.6 Å². The number of carbonyl (C=O) groups excluding carboxylic acids is 1. The maximum Gasteiger partial charge on any atom is 0.339 e. The standard InChI is InChI=1S/C20H23ClN2O3S/c1-4-25-19(24)16-10-9-15(11-17(16)21)23-20(27)22-14(3)12-26-18-8-6-5-7-13(18)2/h5-11,14H,4,12H2,1-3H3,(H2,22,23,27)/t14-/m0/s1. The van der Waals surface area contributed by atoms with Gasteiger partial charge in [0.25, 0.3) is 0 Å². The third kappa shape index (κ3) is 6.41. The van der Waals surface area contributed by atoms with Crippen molar-refractivity contribution in [2.24, 2.45) is 0 Å². The fraction of sp³-hybridized carbons (Fsp3) is 0.300. The summed E-state index contributed by atoms with van der Waals surface area (Å²) in [4.78, 5) is 11.8. The maximum atomic E-state index is 11.8. The van der Waals surface area contributed by atoms with Crippen LogP contribution in [0.15, 0.2) is 42.5 Å². The zero-order valence-corrected chi connectivity index (χ0v) is 17.1. The Bertz CT molecular complexity index is 814. The van der Waals surface area contributed by atoms with Crippen LogP contribution in [0.2, 0.25) is 5.02 Å². The third-order valence-electron chi connectivity index (χ3n) is 3.68. The van der Waals surface area contributed by atoms with Crippen LogP contribution in [-0.4, -0.2) is 30.3 Å². The van der Waals surface area contributed by atoms with Crippen molar-refractivity contribution in [3.05, 3.63) is 58.6 Å². The summed E-state index contributed by atoms with van der Waals surface area (Å²) >= 11 is 11.5. The first kappa shape index (κ1) is 21.0. The zero-order chi connectivity index (χ0) is 19.8. The van der Waals surface area contributed by atoms with Crippen LogP contribution in [0.1, 0.15) is 29.8 Å². The minimum Gasteiger partial charge on any atom is -0.491 e. The van der Waals surface area contributed by atoms with E-state index in [0.717, 1.165) is 11.3 Å². The highest BCUT2D eigenvalue weighted by molar-refractivity contribution is 7.80. The molecule has 0 unspecified atom stereocenters. The van der Waals surface area contributed by atoms with E-state index in [9.17, 15) is 4.79 Å². The Morgan fingerprint density at radius 1 is 1.26 bits per heavy atom. The van der Waals surface area contributed by atoms with E-state index in [4.69, 9.17) is 33.3 Å². The van der Waals surface area contributed by atoms with E-state index < -0.39 is 5.97 Å². The molecule has 0 aliphatic heterocycles. The minimum absolute atomic E-state index is 0.00103. The first-order valence-corrected chi connectivity index (χ1v) is 9.42. The predicted molar refractivity (Wildman–Crippen MR) is 113 cm³/mol. The lowest BCUT2D eigenvalue weighted by molar-refractivity contribution is 0.0526. The average Bonchev–Trinajstić information content (AvgIpc) is 2.61. The van der Waals surface area contributed by atoms with Gasteiger partial charge in [-0.2, -0.15) is 0 Å². The molecule has 27 heavy (non-hydrogen) atoms. The largest absolute Gasteiger partial charge is 0.491 e. The molecule has 1 atom stereocenters. The lowest BCUT2D eigenvalue weighted by Crippen LogP contribution is -2.39. The number of para-hydroxylation sites is 1. The van der Waals surface area contributed by atoms with Gasteiger partial charge in [-0.3, -0.25) is 0 Å². The fourth-order valence-electron chi connectivity index (χ4n) is 2.33. The van der Waals surface area contributed by atoms with E-state index >= 15 is 0 Å². The predicted octanol–water partition coefficient (Wildman–Crippen LogP) is 4.58. The normalized spacial score (nSPS) is 11.4. The van der Waals surface area contributed by atoms with E-state index in [1.165, 1.54) is 0 Å². The van der Waals surface area contributed by atoms with Crippen LogP contribution in [0.5, 0.6) is 5.75 Å². The quantitative estimate of drug-likeness (QED) is 0.518. The Morgan fingerprint density at radius 2 is 2.00 bits per heavy atom. The number of anilines is 1. The van der Waals surface area contributed by atoms with Gasteiger partial charge in [-0.25, -0.2) is 4.79 Å². The maximum absolute atomic E-state index is 11.8. The van der Waals surface area contributed by atoms with Crippen molar-refractivity contribution in [3.63, 3.8) is 0 Å². The minimum atomic E-state index is -0.447. The average molecular weight is 407 g/mol. The monoisotopic (exact) mass is 406 g/mol. The van der Waals surface area contributed by atoms with Gasteiger partial charge in [0.1, 0.15) is 12.4 Å². The van der Waals surface area contributed by atoms with Crippen LogP contribution in [-0.2, 0) is 4.74 Å². The number of hydrogen-bond donors (Lipinski definition) is 2. The molecule has 0 spiro atoms. The summed E-state index contributed by atoms with van der Waals surface area (Å²) in [5.41, 5.74) is 2.09. The Balaban J connectivity index is 1.86. The summed E-state index contributed by atoms with van der Waals surface area (Å²) in [7, 11) is 0. The smallest absolute Gasteiger partial charge is 0.339 e.